The molecule has 0 saturated carbocycles. The Labute approximate surface area is 212 Å². The third-order valence-corrected chi connectivity index (χ3v) is 5.37. The van der Waals surface area contributed by atoms with Crippen LogP contribution >= 0.6 is 23.2 Å². The van der Waals surface area contributed by atoms with Crippen molar-refractivity contribution in [2.45, 2.75) is 13.2 Å². The van der Waals surface area contributed by atoms with Crippen LogP contribution in [0.5, 0.6) is 17.2 Å². The van der Waals surface area contributed by atoms with E-state index < -0.39 is 11.8 Å². The van der Waals surface area contributed by atoms with Gasteiger partial charge in [0.25, 0.3) is 0 Å². The molecule has 35 heavy (non-hydrogen) atoms. The third-order valence-electron chi connectivity index (χ3n) is 4.78. The standard InChI is InChI=1S/C25H23Cl2N3O5/c1-33-20-8-3-16(4-9-20)13-28-24(31)25(32)30-29-14-17-5-10-22(23(11-17)34-2)35-15-18-6-7-19(26)12-21(18)27/h3-12,14H,13,15H2,1-2H3,(H,28,31)(H,30,32)/b29-14-. The second kappa shape index (κ2) is 12.6. The molecule has 0 unspecified atom stereocenters. The number of nitrogens with one attached hydrogen (secondary N) is 2. The number of hydrogen-bond donors (Lipinski definition) is 2. The molecule has 8 nitrogen and oxygen atoms in total. The Balaban J connectivity index is 1.52. The number of hydrazone groups is 1. The Bertz CT molecular complexity index is 1220. The van der Waals surface area contributed by atoms with Gasteiger partial charge in [-0.15, -0.1) is 0 Å². The van der Waals surface area contributed by atoms with Gasteiger partial charge in [0, 0.05) is 22.2 Å². The third kappa shape index (κ3) is 7.63. The number of carbonyl (C=O) groups excluding carboxylic acids is 2. The molecule has 0 atom stereocenters. The summed E-state index contributed by atoms with van der Waals surface area (Å²) in [5.74, 6) is -0.0313. The van der Waals surface area contributed by atoms with Gasteiger partial charge in [0.1, 0.15) is 12.4 Å². The maximum Gasteiger partial charge on any atom is 0.329 e. The molecule has 2 N–H and O–H groups in total. The number of ether oxygens (including phenoxy) is 3. The lowest BCUT2D eigenvalue weighted by molar-refractivity contribution is -0.139. The molecule has 0 aromatic heterocycles. The largest absolute Gasteiger partial charge is 0.497 e. The summed E-state index contributed by atoms with van der Waals surface area (Å²) in [5.41, 5.74) is 4.42. The molecule has 2 amide bonds. The van der Waals surface area contributed by atoms with E-state index in [0.717, 1.165) is 11.1 Å². The molecule has 0 aliphatic heterocycles. The van der Waals surface area contributed by atoms with Gasteiger partial charge < -0.3 is 19.5 Å². The highest BCUT2D eigenvalue weighted by Gasteiger charge is 2.12. The smallest absolute Gasteiger partial charge is 0.329 e. The van der Waals surface area contributed by atoms with Crippen molar-refractivity contribution in [2.24, 2.45) is 5.10 Å². The van der Waals surface area contributed by atoms with E-state index in [9.17, 15) is 9.59 Å². The van der Waals surface area contributed by atoms with Gasteiger partial charge in [0.15, 0.2) is 11.5 Å². The summed E-state index contributed by atoms with van der Waals surface area (Å²) in [7, 11) is 3.08. The van der Waals surface area contributed by atoms with E-state index in [1.165, 1.54) is 13.3 Å². The Morgan fingerprint density at radius 2 is 1.69 bits per heavy atom. The van der Waals surface area contributed by atoms with Crippen LogP contribution in [-0.2, 0) is 22.7 Å². The Kier molecular flexibility index (Phi) is 9.34. The minimum Gasteiger partial charge on any atom is -0.497 e. The van der Waals surface area contributed by atoms with E-state index in [1.54, 1.807) is 67.8 Å². The van der Waals surface area contributed by atoms with Crippen molar-refractivity contribution >= 4 is 41.2 Å². The van der Waals surface area contributed by atoms with Gasteiger partial charge >= 0.3 is 11.8 Å². The van der Waals surface area contributed by atoms with Gasteiger partial charge in [0.05, 0.1) is 20.4 Å². The second-order valence-electron chi connectivity index (χ2n) is 7.16. The van der Waals surface area contributed by atoms with Crippen molar-refractivity contribution in [1.82, 2.24) is 10.7 Å². The molecule has 0 spiro atoms. The molecule has 3 aromatic carbocycles. The quantitative estimate of drug-likeness (QED) is 0.250. The average Bonchev–Trinajstić information content (AvgIpc) is 2.87. The summed E-state index contributed by atoms with van der Waals surface area (Å²) in [6.07, 6.45) is 1.39. The van der Waals surface area contributed by atoms with Gasteiger partial charge in [-0.3, -0.25) is 9.59 Å². The normalized spacial score (nSPS) is 10.6. The first kappa shape index (κ1) is 25.9. The zero-order valence-corrected chi connectivity index (χ0v) is 20.5. The van der Waals surface area contributed by atoms with Gasteiger partial charge in [-0.05, 0) is 53.6 Å². The molecule has 0 heterocycles. The lowest BCUT2D eigenvalue weighted by Crippen LogP contribution is -2.37. The first-order chi connectivity index (χ1) is 16.9. The van der Waals surface area contributed by atoms with Gasteiger partial charge in [-0.1, -0.05) is 41.4 Å². The van der Waals surface area contributed by atoms with Gasteiger partial charge in [-0.2, -0.15) is 5.10 Å². The van der Waals surface area contributed by atoms with Crippen LogP contribution in [0.2, 0.25) is 10.0 Å². The van der Waals surface area contributed by atoms with E-state index in [0.29, 0.717) is 32.9 Å². The Morgan fingerprint density at radius 1 is 0.914 bits per heavy atom. The number of nitrogens with zero attached hydrogens (tertiary/aromatic N) is 1. The highest BCUT2D eigenvalue weighted by molar-refractivity contribution is 6.35. The van der Waals surface area contributed by atoms with Crippen LogP contribution in [0, 0.1) is 0 Å². The topological polar surface area (TPSA) is 98.2 Å². The summed E-state index contributed by atoms with van der Waals surface area (Å²) < 4.78 is 16.3. The molecule has 3 aromatic rings. The molecule has 0 fully saturated rings. The molecule has 0 bridgehead atoms. The van der Waals surface area contributed by atoms with Crippen molar-refractivity contribution in [1.29, 1.82) is 0 Å². The first-order valence-corrected chi connectivity index (χ1v) is 11.1. The van der Waals surface area contributed by atoms with Crippen molar-refractivity contribution in [3.8, 4) is 17.2 Å². The molecular weight excluding hydrogens is 493 g/mol. The van der Waals surface area contributed by atoms with Gasteiger partial charge in [-0.25, -0.2) is 5.43 Å². The van der Waals surface area contributed by atoms with E-state index in [2.05, 4.69) is 15.8 Å². The fourth-order valence-corrected chi connectivity index (χ4v) is 3.36. The number of amides is 2. The van der Waals surface area contributed by atoms with Crippen molar-refractivity contribution in [2.75, 3.05) is 14.2 Å². The van der Waals surface area contributed by atoms with E-state index in [1.807, 2.05) is 0 Å². The van der Waals surface area contributed by atoms with E-state index in [-0.39, 0.29) is 13.2 Å². The predicted molar refractivity (Wildman–Crippen MR) is 134 cm³/mol. The monoisotopic (exact) mass is 515 g/mol. The SMILES string of the molecule is COc1ccc(CNC(=O)C(=O)N/N=C\c2ccc(OCc3ccc(Cl)cc3Cl)c(OC)c2)cc1. The summed E-state index contributed by atoms with van der Waals surface area (Å²) in [4.78, 5) is 24.0. The zero-order chi connectivity index (χ0) is 25.2. The van der Waals surface area contributed by atoms with Crippen molar-refractivity contribution in [3.63, 3.8) is 0 Å². The molecule has 0 saturated heterocycles. The van der Waals surface area contributed by atoms with Crippen LogP contribution in [0.1, 0.15) is 16.7 Å². The number of methoxy groups -OCH3 is 2. The van der Waals surface area contributed by atoms with Crippen LogP contribution in [0.3, 0.4) is 0 Å². The van der Waals surface area contributed by atoms with Crippen LogP contribution in [0.15, 0.2) is 65.8 Å². The highest BCUT2D eigenvalue weighted by Crippen LogP contribution is 2.29. The average molecular weight is 516 g/mol. The summed E-state index contributed by atoms with van der Waals surface area (Å²) >= 11 is 12.1. The highest BCUT2D eigenvalue weighted by atomic mass is 35.5. The Hall–Kier alpha value is -3.75. The van der Waals surface area contributed by atoms with E-state index in [4.69, 9.17) is 37.4 Å². The molecule has 0 aliphatic carbocycles. The van der Waals surface area contributed by atoms with Crippen LogP contribution in [-0.4, -0.2) is 32.2 Å². The maximum absolute atomic E-state index is 12.0. The summed E-state index contributed by atoms with van der Waals surface area (Å²) in [6, 6.07) is 17.4. The number of hydrogen-bond acceptors (Lipinski definition) is 6. The molecular formula is C25H23Cl2N3O5. The lowest BCUT2D eigenvalue weighted by Gasteiger charge is -2.12. The first-order valence-electron chi connectivity index (χ1n) is 10.4. The fraction of sp³-hybridized carbons (Fsp3) is 0.160. The molecule has 3 rings (SSSR count). The number of benzene rings is 3. The van der Waals surface area contributed by atoms with Crippen molar-refractivity contribution in [3.05, 3.63) is 87.4 Å². The summed E-state index contributed by atoms with van der Waals surface area (Å²) in [6.45, 7) is 0.418. The second-order valence-corrected chi connectivity index (χ2v) is 8.01. The van der Waals surface area contributed by atoms with Crippen molar-refractivity contribution < 1.29 is 23.8 Å². The van der Waals surface area contributed by atoms with Gasteiger partial charge in [0.2, 0.25) is 0 Å². The van der Waals surface area contributed by atoms with Crippen LogP contribution in [0.25, 0.3) is 0 Å². The molecule has 10 heteroatoms. The molecule has 0 radical (unpaired) electrons. The van der Waals surface area contributed by atoms with E-state index >= 15 is 0 Å². The molecule has 182 valence electrons. The number of carbonyl (C=O) groups is 2. The Morgan fingerprint density at radius 3 is 2.37 bits per heavy atom. The minimum atomic E-state index is -0.887. The van der Waals surface area contributed by atoms with Crippen LogP contribution in [0.4, 0.5) is 0 Å². The fourth-order valence-electron chi connectivity index (χ4n) is 2.90. The minimum absolute atomic E-state index is 0.194. The maximum atomic E-state index is 12.0. The number of halogens is 2. The van der Waals surface area contributed by atoms with Crippen LogP contribution < -0.4 is 25.0 Å². The predicted octanol–water partition coefficient (Wildman–Crippen LogP) is 4.36. The summed E-state index contributed by atoms with van der Waals surface area (Å²) in [5, 5.41) is 7.40. The zero-order valence-electron chi connectivity index (χ0n) is 19.0. The number of rotatable bonds is 9. The lowest BCUT2D eigenvalue weighted by atomic mass is 10.2. The molecule has 0 aliphatic rings.